The first-order valence-corrected chi connectivity index (χ1v) is 6.00. The van der Waals surface area contributed by atoms with Crippen LogP contribution in [0.2, 0.25) is 0 Å². The Morgan fingerprint density at radius 1 is 1.41 bits per heavy atom. The number of carbonyl (C=O) groups excluding carboxylic acids is 1. The van der Waals surface area contributed by atoms with Gasteiger partial charge in [0.15, 0.2) is 0 Å². The Morgan fingerprint density at radius 3 is 2.88 bits per heavy atom. The normalized spacial score (nSPS) is 23.6. The maximum atomic E-state index is 11.7. The maximum absolute atomic E-state index is 11.7. The molecule has 0 radical (unpaired) electrons. The zero-order chi connectivity index (χ0) is 12.1. The van der Waals surface area contributed by atoms with E-state index in [0.717, 1.165) is 6.42 Å². The highest BCUT2D eigenvalue weighted by molar-refractivity contribution is 5.74. The molecule has 0 saturated carbocycles. The van der Waals surface area contributed by atoms with Crippen LogP contribution in [0.5, 0.6) is 0 Å². The molecule has 1 aliphatic heterocycles. The monoisotopic (exact) mass is 234 g/mol. The quantitative estimate of drug-likeness (QED) is 0.760. The predicted octanol–water partition coefficient (Wildman–Crippen LogP) is 0.885. The first-order chi connectivity index (χ1) is 8.31. The van der Waals surface area contributed by atoms with Crippen molar-refractivity contribution in [3.63, 3.8) is 0 Å². The second-order valence-electron chi connectivity index (χ2n) is 4.18. The first kappa shape index (κ1) is 12.1. The molecule has 17 heavy (non-hydrogen) atoms. The lowest BCUT2D eigenvalue weighted by Crippen LogP contribution is -2.36. The minimum atomic E-state index is -0.120. The van der Waals surface area contributed by atoms with E-state index in [4.69, 9.17) is 4.74 Å². The van der Waals surface area contributed by atoms with E-state index < -0.39 is 0 Å². The summed E-state index contributed by atoms with van der Waals surface area (Å²) in [5.74, 6) is -0.221. The number of hydrazine groups is 1. The molecule has 4 heteroatoms. The van der Waals surface area contributed by atoms with Crippen molar-refractivity contribution in [1.29, 1.82) is 0 Å². The number of benzene rings is 1. The Bertz CT molecular complexity index is 367. The maximum Gasteiger partial charge on any atom is 0.311 e. The van der Waals surface area contributed by atoms with Crippen molar-refractivity contribution in [3.8, 4) is 0 Å². The van der Waals surface area contributed by atoms with Gasteiger partial charge in [0, 0.05) is 12.6 Å². The van der Waals surface area contributed by atoms with Crippen molar-refractivity contribution in [2.24, 2.45) is 5.92 Å². The highest BCUT2D eigenvalue weighted by Gasteiger charge is 2.33. The van der Waals surface area contributed by atoms with E-state index in [-0.39, 0.29) is 17.9 Å². The summed E-state index contributed by atoms with van der Waals surface area (Å²) in [5.41, 5.74) is 7.40. The van der Waals surface area contributed by atoms with Crippen molar-refractivity contribution in [1.82, 2.24) is 10.9 Å². The second kappa shape index (κ2) is 5.80. The van der Waals surface area contributed by atoms with Crippen molar-refractivity contribution < 1.29 is 9.53 Å². The molecule has 0 amide bonds. The average molecular weight is 234 g/mol. The van der Waals surface area contributed by atoms with Crippen LogP contribution in [0.4, 0.5) is 0 Å². The summed E-state index contributed by atoms with van der Waals surface area (Å²) in [5, 5.41) is 0. The van der Waals surface area contributed by atoms with Gasteiger partial charge in [0.25, 0.3) is 0 Å². The number of ether oxygens (including phenoxy) is 1. The Labute approximate surface area is 101 Å². The van der Waals surface area contributed by atoms with Crippen LogP contribution in [0.25, 0.3) is 0 Å². The van der Waals surface area contributed by atoms with Gasteiger partial charge in [-0.15, -0.1) is 0 Å². The fourth-order valence-corrected chi connectivity index (χ4v) is 2.10. The average Bonchev–Trinajstić information content (AvgIpc) is 2.79. The van der Waals surface area contributed by atoms with Gasteiger partial charge in [-0.25, -0.2) is 0 Å². The Hall–Kier alpha value is -1.39. The molecule has 2 N–H and O–H groups in total. The van der Waals surface area contributed by atoms with E-state index in [1.54, 1.807) is 0 Å². The number of hydrogen-bond acceptors (Lipinski definition) is 4. The first-order valence-electron chi connectivity index (χ1n) is 6.00. The van der Waals surface area contributed by atoms with E-state index in [1.165, 1.54) is 5.56 Å². The molecule has 2 atom stereocenters. The summed E-state index contributed by atoms with van der Waals surface area (Å²) in [6.45, 7) is 2.91. The number of nitrogens with one attached hydrogen (secondary N) is 2. The van der Waals surface area contributed by atoms with Crippen LogP contribution >= 0.6 is 0 Å². The lowest BCUT2D eigenvalue weighted by molar-refractivity contribution is -0.147. The van der Waals surface area contributed by atoms with Crippen LogP contribution in [0, 0.1) is 5.92 Å². The number of esters is 1. The standard InChI is InChI=1S/C13H18N2O2/c1-2-17-13(16)11-9-14-15-12(11)8-10-6-4-3-5-7-10/h3-7,11-12,14-15H,2,8-9H2,1H3. The summed E-state index contributed by atoms with van der Waals surface area (Å²) in [4.78, 5) is 11.7. The summed E-state index contributed by atoms with van der Waals surface area (Å²) in [6, 6.07) is 10.3. The fraction of sp³-hybridized carbons (Fsp3) is 0.462. The minimum Gasteiger partial charge on any atom is -0.466 e. The molecule has 0 spiro atoms. The molecule has 0 bridgehead atoms. The largest absolute Gasteiger partial charge is 0.466 e. The smallest absolute Gasteiger partial charge is 0.311 e. The van der Waals surface area contributed by atoms with E-state index in [2.05, 4.69) is 23.0 Å². The van der Waals surface area contributed by atoms with E-state index in [1.807, 2.05) is 25.1 Å². The van der Waals surface area contributed by atoms with Gasteiger partial charge in [0.1, 0.15) is 0 Å². The van der Waals surface area contributed by atoms with Gasteiger partial charge in [-0.2, -0.15) is 0 Å². The molecule has 1 fully saturated rings. The van der Waals surface area contributed by atoms with Crippen molar-refractivity contribution in [2.45, 2.75) is 19.4 Å². The number of carbonyl (C=O) groups is 1. The highest BCUT2D eigenvalue weighted by Crippen LogP contribution is 2.15. The molecule has 92 valence electrons. The van der Waals surface area contributed by atoms with Gasteiger partial charge in [0.05, 0.1) is 12.5 Å². The predicted molar refractivity (Wildman–Crippen MR) is 65.2 cm³/mol. The Kier molecular flexibility index (Phi) is 4.12. The molecule has 1 aromatic carbocycles. The van der Waals surface area contributed by atoms with Crippen LogP contribution < -0.4 is 10.9 Å². The van der Waals surface area contributed by atoms with Gasteiger partial charge in [-0.1, -0.05) is 30.3 Å². The molecule has 1 heterocycles. The summed E-state index contributed by atoms with van der Waals surface area (Å²) < 4.78 is 5.07. The van der Waals surface area contributed by atoms with Crippen molar-refractivity contribution in [3.05, 3.63) is 35.9 Å². The van der Waals surface area contributed by atoms with Crippen LogP contribution in [0.1, 0.15) is 12.5 Å². The molecule has 0 aromatic heterocycles. The molecule has 2 rings (SSSR count). The third kappa shape index (κ3) is 3.05. The minimum absolute atomic E-state index is 0.102. The second-order valence-corrected chi connectivity index (χ2v) is 4.18. The van der Waals surface area contributed by atoms with Crippen LogP contribution in [-0.2, 0) is 16.0 Å². The van der Waals surface area contributed by atoms with Crippen LogP contribution in [0.15, 0.2) is 30.3 Å². The molecule has 1 saturated heterocycles. The van der Waals surface area contributed by atoms with E-state index >= 15 is 0 Å². The molecule has 0 aliphatic carbocycles. The van der Waals surface area contributed by atoms with Gasteiger partial charge >= 0.3 is 5.97 Å². The molecular formula is C13H18N2O2. The lowest BCUT2D eigenvalue weighted by atomic mass is 9.95. The SMILES string of the molecule is CCOC(=O)C1CNNC1Cc1ccccc1. The third-order valence-corrected chi connectivity index (χ3v) is 2.98. The van der Waals surface area contributed by atoms with Gasteiger partial charge in [-0.05, 0) is 18.9 Å². The van der Waals surface area contributed by atoms with Gasteiger partial charge in [-0.3, -0.25) is 15.6 Å². The topological polar surface area (TPSA) is 50.4 Å². The summed E-state index contributed by atoms with van der Waals surface area (Å²) in [6.07, 6.45) is 0.831. The van der Waals surface area contributed by atoms with E-state index in [9.17, 15) is 4.79 Å². The van der Waals surface area contributed by atoms with Gasteiger partial charge < -0.3 is 4.74 Å². The molecule has 2 unspecified atom stereocenters. The molecule has 4 nitrogen and oxygen atoms in total. The Balaban J connectivity index is 1.98. The lowest BCUT2D eigenvalue weighted by Gasteiger charge is -2.16. The number of rotatable bonds is 4. The van der Waals surface area contributed by atoms with E-state index in [0.29, 0.717) is 13.2 Å². The van der Waals surface area contributed by atoms with Crippen LogP contribution in [0.3, 0.4) is 0 Å². The fourth-order valence-electron chi connectivity index (χ4n) is 2.10. The van der Waals surface area contributed by atoms with Crippen LogP contribution in [-0.4, -0.2) is 25.2 Å². The van der Waals surface area contributed by atoms with Crippen molar-refractivity contribution >= 4 is 5.97 Å². The van der Waals surface area contributed by atoms with Gasteiger partial charge in [0.2, 0.25) is 0 Å². The molecule has 1 aromatic rings. The number of hydrogen-bond donors (Lipinski definition) is 2. The summed E-state index contributed by atoms with van der Waals surface area (Å²) in [7, 11) is 0. The zero-order valence-corrected chi connectivity index (χ0v) is 9.98. The highest BCUT2D eigenvalue weighted by atomic mass is 16.5. The molecule has 1 aliphatic rings. The Morgan fingerprint density at radius 2 is 2.18 bits per heavy atom. The summed E-state index contributed by atoms with van der Waals surface area (Å²) >= 11 is 0. The molecular weight excluding hydrogens is 216 g/mol. The third-order valence-electron chi connectivity index (χ3n) is 2.98. The van der Waals surface area contributed by atoms with Crippen molar-refractivity contribution in [2.75, 3.05) is 13.2 Å². The zero-order valence-electron chi connectivity index (χ0n) is 9.98.